The Morgan fingerprint density at radius 3 is 2.61 bits per heavy atom. The third-order valence-corrected chi connectivity index (χ3v) is 7.34. The molecule has 1 fully saturated rings. The Morgan fingerprint density at radius 2 is 1.97 bits per heavy atom. The van der Waals surface area contributed by atoms with Crippen LogP contribution in [-0.2, 0) is 16.0 Å². The number of aliphatic hydroxyl groups is 3. The molecular formula is C25H27NO7. The number of Topliss-reactive ketones (excluding diaryl/α,β-unsaturated/α-hetero) is 2. The maximum atomic E-state index is 13.4. The van der Waals surface area contributed by atoms with Crippen LogP contribution in [0.4, 0.5) is 0 Å². The third-order valence-electron chi connectivity index (χ3n) is 7.34. The first-order chi connectivity index (χ1) is 15.5. The molecule has 1 saturated carbocycles. The topological polar surface area (TPSA) is 158 Å². The Hall–Kier alpha value is -3.15. The van der Waals surface area contributed by atoms with Crippen molar-refractivity contribution in [2.75, 3.05) is 0 Å². The van der Waals surface area contributed by atoms with E-state index in [2.05, 4.69) is 11.8 Å². The van der Waals surface area contributed by atoms with Crippen LogP contribution in [0.3, 0.4) is 0 Å². The van der Waals surface area contributed by atoms with Crippen molar-refractivity contribution in [1.29, 1.82) is 0 Å². The Morgan fingerprint density at radius 1 is 1.27 bits per heavy atom. The SMILES string of the molecule is CCC(C)C#Cc1ccc(O)c2c1C[C@H]1C[C@H]3CC(O)C(C(N)=O)C(=O)[C@@]3(O)C(O)=C1C2=O. The summed E-state index contributed by atoms with van der Waals surface area (Å²) in [4.78, 5) is 38.2. The van der Waals surface area contributed by atoms with Gasteiger partial charge in [-0.2, -0.15) is 0 Å². The summed E-state index contributed by atoms with van der Waals surface area (Å²) in [5.74, 6) is -0.790. The van der Waals surface area contributed by atoms with Gasteiger partial charge in [-0.3, -0.25) is 14.4 Å². The Labute approximate surface area is 191 Å². The lowest BCUT2D eigenvalue weighted by Gasteiger charge is -2.48. The number of allylic oxidation sites excluding steroid dienone is 1. The first kappa shape index (κ1) is 23.0. The zero-order chi connectivity index (χ0) is 24.2. The number of phenolic OH excluding ortho intramolecular Hbond substituents is 1. The van der Waals surface area contributed by atoms with Crippen molar-refractivity contribution in [3.63, 3.8) is 0 Å². The average molecular weight is 453 g/mol. The van der Waals surface area contributed by atoms with Crippen molar-refractivity contribution >= 4 is 17.5 Å². The molecule has 0 bridgehead atoms. The van der Waals surface area contributed by atoms with E-state index in [4.69, 9.17) is 5.73 Å². The van der Waals surface area contributed by atoms with E-state index in [-0.39, 0.29) is 42.1 Å². The molecule has 1 aromatic carbocycles. The fourth-order valence-corrected chi connectivity index (χ4v) is 5.35. The van der Waals surface area contributed by atoms with E-state index in [1.165, 1.54) is 6.07 Å². The van der Waals surface area contributed by atoms with Gasteiger partial charge in [0.2, 0.25) is 5.91 Å². The Kier molecular flexibility index (Phi) is 5.59. The van der Waals surface area contributed by atoms with E-state index in [1.54, 1.807) is 6.07 Å². The van der Waals surface area contributed by atoms with Gasteiger partial charge in [-0.1, -0.05) is 25.7 Å². The van der Waals surface area contributed by atoms with Gasteiger partial charge in [-0.05, 0) is 49.3 Å². The van der Waals surface area contributed by atoms with Crippen LogP contribution >= 0.6 is 0 Å². The smallest absolute Gasteiger partial charge is 0.230 e. The van der Waals surface area contributed by atoms with Crippen molar-refractivity contribution in [2.24, 2.45) is 29.4 Å². The summed E-state index contributed by atoms with van der Waals surface area (Å²) >= 11 is 0. The summed E-state index contributed by atoms with van der Waals surface area (Å²) in [5, 5.41) is 43.1. The maximum Gasteiger partial charge on any atom is 0.230 e. The Bertz CT molecular complexity index is 1160. The minimum Gasteiger partial charge on any atom is -0.508 e. The lowest BCUT2D eigenvalue weighted by molar-refractivity contribution is -0.167. The van der Waals surface area contributed by atoms with Crippen LogP contribution in [0.5, 0.6) is 5.75 Å². The van der Waals surface area contributed by atoms with E-state index in [0.29, 0.717) is 11.1 Å². The summed E-state index contributed by atoms with van der Waals surface area (Å²) in [6, 6.07) is 3.01. The second-order valence-corrected chi connectivity index (χ2v) is 9.30. The normalized spacial score (nSPS) is 31.6. The first-order valence-corrected chi connectivity index (χ1v) is 11.1. The van der Waals surface area contributed by atoms with Gasteiger partial charge in [0.25, 0.3) is 0 Å². The fourth-order valence-electron chi connectivity index (χ4n) is 5.35. The predicted molar refractivity (Wildman–Crippen MR) is 117 cm³/mol. The molecule has 6 atom stereocenters. The molecule has 3 unspecified atom stereocenters. The van der Waals surface area contributed by atoms with Gasteiger partial charge in [0.05, 0.1) is 11.7 Å². The fraction of sp³-hybridized carbons (Fsp3) is 0.480. The molecule has 33 heavy (non-hydrogen) atoms. The van der Waals surface area contributed by atoms with Crippen LogP contribution in [0.25, 0.3) is 0 Å². The highest BCUT2D eigenvalue weighted by Gasteiger charge is 2.62. The van der Waals surface area contributed by atoms with Crippen molar-refractivity contribution in [2.45, 2.75) is 51.2 Å². The van der Waals surface area contributed by atoms with Crippen molar-refractivity contribution in [1.82, 2.24) is 0 Å². The molecule has 4 rings (SSSR count). The van der Waals surface area contributed by atoms with Crippen molar-refractivity contribution in [3.05, 3.63) is 40.2 Å². The number of ketones is 2. The highest BCUT2D eigenvalue weighted by molar-refractivity contribution is 6.15. The summed E-state index contributed by atoms with van der Waals surface area (Å²) in [6.45, 7) is 4.00. The monoisotopic (exact) mass is 453 g/mol. The maximum absolute atomic E-state index is 13.4. The molecule has 0 aliphatic heterocycles. The van der Waals surface area contributed by atoms with E-state index in [9.17, 15) is 34.8 Å². The Balaban J connectivity index is 1.85. The number of primary amides is 1. The lowest BCUT2D eigenvalue weighted by atomic mass is 9.57. The standard InChI is InChI=1S/C25H27NO7/c1-3-11(2)4-5-12-6-7-16(27)19-15(12)9-13-8-14-10-17(28)20(24(26)32)23(31)25(14,33)22(30)18(13)21(19)29/h6-7,11,13-14,17,20,27-28,30,33H,3,8-10H2,1-2H3,(H2,26,32)/t11?,13-,14+,17?,20?,25+/m1/s1. The molecule has 0 saturated heterocycles. The number of aliphatic hydroxyl groups excluding tert-OH is 2. The van der Waals surface area contributed by atoms with Gasteiger partial charge in [0.1, 0.15) is 17.4 Å². The van der Waals surface area contributed by atoms with Crippen LogP contribution in [0.2, 0.25) is 0 Å². The van der Waals surface area contributed by atoms with Gasteiger partial charge in [0.15, 0.2) is 17.2 Å². The molecular weight excluding hydrogens is 426 g/mol. The number of hydrogen-bond donors (Lipinski definition) is 5. The molecule has 0 radical (unpaired) electrons. The van der Waals surface area contributed by atoms with E-state index in [1.807, 2.05) is 13.8 Å². The van der Waals surface area contributed by atoms with Crippen LogP contribution in [0, 0.1) is 35.5 Å². The average Bonchev–Trinajstić information content (AvgIpc) is 2.75. The zero-order valence-electron chi connectivity index (χ0n) is 18.5. The number of hydrogen-bond acceptors (Lipinski definition) is 7. The number of amides is 1. The van der Waals surface area contributed by atoms with E-state index in [0.717, 1.165) is 6.42 Å². The number of carbonyl (C=O) groups is 3. The predicted octanol–water partition coefficient (Wildman–Crippen LogP) is 1.14. The zero-order valence-corrected chi connectivity index (χ0v) is 18.5. The van der Waals surface area contributed by atoms with Gasteiger partial charge in [0, 0.05) is 23.0 Å². The van der Waals surface area contributed by atoms with Crippen LogP contribution in [0.15, 0.2) is 23.5 Å². The van der Waals surface area contributed by atoms with Gasteiger partial charge >= 0.3 is 0 Å². The first-order valence-electron chi connectivity index (χ1n) is 11.1. The van der Waals surface area contributed by atoms with Crippen molar-refractivity contribution < 1.29 is 34.8 Å². The van der Waals surface area contributed by atoms with Crippen molar-refractivity contribution in [3.8, 4) is 17.6 Å². The highest BCUT2D eigenvalue weighted by atomic mass is 16.3. The quantitative estimate of drug-likeness (QED) is 0.332. The number of fused-ring (bicyclic) bond motifs is 3. The molecule has 0 heterocycles. The number of benzene rings is 1. The summed E-state index contributed by atoms with van der Waals surface area (Å²) in [7, 11) is 0. The van der Waals surface area contributed by atoms with Gasteiger partial charge in [-0.25, -0.2) is 0 Å². The second-order valence-electron chi connectivity index (χ2n) is 9.30. The van der Waals surface area contributed by atoms with Gasteiger partial charge < -0.3 is 26.2 Å². The number of nitrogens with two attached hydrogens (primary N) is 1. The number of phenols is 1. The molecule has 8 nitrogen and oxygen atoms in total. The molecule has 1 aromatic rings. The number of aromatic hydroxyl groups is 1. The minimum absolute atomic E-state index is 0.0134. The molecule has 3 aliphatic rings. The minimum atomic E-state index is -2.50. The van der Waals surface area contributed by atoms with E-state index < -0.39 is 52.7 Å². The number of rotatable bonds is 2. The van der Waals surface area contributed by atoms with Crippen LogP contribution in [-0.4, -0.2) is 49.6 Å². The lowest BCUT2D eigenvalue weighted by Crippen LogP contribution is -2.63. The summed E-state index contributed by atoms with van der Waals surface area (Å²) in [5.41, 5.74) is 3.74. The molecule has 3 aliphatic carbocycles. The second kappa shape index (κ2) is 8.01. The van der Waals surface area contributed by atoms with Crippen LogP contribution < -0.4 is 5.73 Å². The molecule has 8 heteroatoms. The summed E-state index contributed by atoms with van der Waals surface area (Å²) < 4.78 is 0. The third kappa shape index (κ3) is 3.35. The molecule has 0 aromatic heterocycles. The van der Waals surface area contributed by atoms with Gasteiger partial charge in [-0.15, -0.1) is 0 Å². The van der Waals surface area contributed by atoms with E-state index >= 15 is 0 Å². The largest absolute Gasteiger partial charge is 0.508 e. The molecule has 1 amide bonds. The molecule has 174 valence electrons. The highest BCUT2D eigenvalue weighted by Crippen LogP contribution is 2.51. The molecule has 0 spiro atoms. The number of carbonyl (C=O) groups excluding carboxylic acids is 3. The summed E-state index contributed by atoms with van der Waals surface area (Å²) in [6.07, 6.45) is -0.273. The molecule has 6 N–H and O–H groups in total. The van der Waals surface area contributed by atoms with Crippen LogP contribution in [0.1, 0.15) is 54.6 Å².